The Kier molecular flexibility index (Phi) is 4.23. The molecule has 0 unspecified atom stereocenters. The normalized spacial score (nSPS) is 12.7. The molecule has 1 aromatic carbocycles. The summed E-state index contributed by atoms with van der Waals surface area (Å²) in [6.07, 6.45) is 0.334. The highest BCUT2D eigenvalue weighted by Crippen LogP contribution is 2.06. The lowest BCUT2D eigenvalue weighted by Crippen LogP contribution is -2.46. The zero-order chi connectivity index (χ0) is 11.3. The molecule has 0 spiro atoms. The summed E-state index contributed by atoms with van der Waals surface area (Å²) in [6.45, 7) is 0. The van der Waals surface area contributed by atoms with Crippen LogP contribution in [0.1, 0.15) is 5.56 Å². The number of hydrazine groups is 1. The number of hydrogen-bond donors (Lipinski definition) is 3. The Labute approximate surface area is 87.9 Å². The average molecular weight is 210 g/mol. The minimum Gasteiger partial charge on any atom is -0.480 e. The molecule has 5 nitrogen and oxygen atoms in total. The summed E-state index contributed by atoms with van der Waals surface area (Å²) in [6, 6.07) is 8.47. The van der Waals surface area contributed by atoms with Crippen LogP contribution in [0, 0.1) is 0 Å². The van der Waals surface area contributed by atoms with Gasteiger partial charge in [-0.05, 0) is 5.56 Å². The highest BCUT2D eigenvalue weighted by atomic mass is 16.5. The standard InChI is InChI=1S/C10H14N2O3/c1-12(11-15)9(10(13)14)7-8-5-3-2-4-6-8/h2-6,9,11,15H,7H2,1H3,(H,13,14)/t9-/m1/s1. The summed E-state index contributed by atoms with van der Waals surface area (Å²) in [7, 11) is 1.47. The predicted molar refractivity (Wildman–Crippen MR) is 54.3 cm³/mol. The SMILES string of the molecule is CN(NO)[C@H](Cc1ccccc1)C(=O)O. The van der Waals surface area contributed by atoms with Gasteiger partial charge in [0.1, 0.15) is 6.04 Å². The quantitative estimate of drug-likeness (QED) is 0.617. The van der Waals surface area contributed by atoms with Crippen molar-refractivity contribution >= 4 is 5.97 Å². The van der Waals surface area contributed by atoms with Crippen LogP contribution in [0.25, 0.3) is 0 Å². The fourth-order valence-electron chi connectivity index (χ4n) is 1.30. The van der Waals surface area contributed by atoms with Crippen molar-refractivity contribution in [2.75, 3.05) is 7.05 Å². The fraction of sp³-hybridized carbons (Fsp3) is 0.300. The van der Waals surface area contributed by atoms with E-state index in [0.29, 0.717) is 6.42 Å². The molecule has 0 saturated carbocycles. The second kappa shape index (κ2) is 5.45. The first-order valence-corrected chi connectivity index (χ1v) is 4.54. The van der Waals surface area contributed by atoms with Crippen LogP contribution in [0.3, 0.4) is 0 Å². The van der Waals surface area contributed by atoms with Crippen LogP contribution in [-0.4, -0.2) is 34.4 Å². The van der Waals surface area contributed by atoms with E-state index in [1.807, 2.05) is 35.9 Å². The maximum absolute atomic E-state index is 10.9. The molecule has 3 N–H and O–H groups in total. The maximum Gasteiger partial charge on any atom is 0.322 e. The van der Waals surface area contributed by atoms with E-state index in [4.69, 9.17) is 10.3 Å². The Morgan fingerprint density at radius 1 is 1.47 bits per heavy atom. The molecule has 0 saturated heterocycles. The number of rotatable bonds is 5. The Morgan fingerprint density at radius 3 is 2.53 bits per heavy atom. The van der Waals surface area contributed by atoms with Crippen molar-refractivity contribution in [3.63, 3.8) is 0 Å². The van der Waals surface area contributed by atoms with Crippen molar-refractivity contribution in [3.8, 4) is 0 Å². The third-order valence-electron chi connectivity index (χ3n) is 2.18. The van der Waals surface area contributed by atoms with Crippen LogP contribution in [0.4, 0.5) is 0 Å². The van der Waals surface area contributed by atoms with Crippen LogP contribution in [-0.2, 0) is 11.2 Å². The zero-order valence-corrected chi connectivity index (χ0v) is 8.42. The molecular weight excluding hydrogens is 196 g/mol. The number of carboxylic acids is 1. The van der Waals surface area contributed by atoms with E-state index in [1.54, 1.807) is 0 Å². The smallest absolute Gasteiger partial charge is 0.322 e. The predicted octanol–water partition coefficient (Wildman–Crippen LogP) is 0.508. The van der Waals surface area contributed by atoms with Crippen LogP contribution in [0.5, 0.6) is 0 Å². The van der Waals surface area contributed by atoms with Gasteiger partial charge in [0.25, 0.3) is 0 Å². The molecule has 0 radical (unpaired) electrons. The summed E-state index contributed by atoms with van der Waals surface area (Å²) < 4.78 is 0. The van der Waals surface area contributed by atoms with Crippen LogP contribution < -0.4 is 5.59 Å². The van der Waals surface area contributed by atoms with Crippen LogP contribution >= 0.6 is 0 Å². The summed E-state index contributed by atoms with van der Waals surface area (Å²) >= 11 is 0. The lowest BCUT2D eigenvalue weighted by Gasteiger charge is -2.22. The minimum atomic E-state index is -0.983. The highest BCUT2D eigenvalue weighted by Gasteiger charge is 2.22. The van der Waals surface area contributed by atoms with Gasteiger partial charge in [0.15, 0.2) is 0 Å². The fourth-order valence-corrected chi connectivity index (χ4v) is 1.30. The second-order valence-corrected chi connectivity index (χ2v) is 3.25. The number of carbonyl (C=O) groups is 1. The van der Waals surface area contributed by atoms with E-state index in [0.717, 1.165) is 10.6 Å². The van der Waals surface area contributed by atoms with E-state index in [1.165, 1.54) is 7.05 Å². The second-order valence-electron chi connectivity index (χ2n) is 3.25. The molecule has 1 atom stereocenters. The number of likely N-dealkylation sites (N-methyl/N-ethyl adjacent to an activating group) is 1. The van der Waals surface area contributed by atoms with Gasteiger partial charge < -0.3 is 10.3 Å². The van der Waals surface area contributed by atoms with Gasteiger partial charge in [-0.15, -0.1) is 5.59 Å². The Hall–Kier alpha value is -1.43. The molecule has 0 fully saturated rings. The molecule has 0 aromatic heterocycles. The Bertz CT molecular complexity index is 316. The van der Waals surface area contributed by atoms with Crippen molar-refractivity contribution in [2.45, 2.75) is 12.5 Å². The molecule has 1 aromatic rings. The number of hydrogen-bond acceptors (Lipinski definition) is 4. The highest BCUT2D eigenvalue weighted by molar-refractivity contribution is 5.73. The lowest BCUT2D eigenvalue weighted by molar-refractivity contribution is -0.148. The van der Waals surface area contributed by atoms with Gasteiger partial charge in [0, 0.05) is 13.5 Å². The van der Waals surface area contributed by atoms with Crippen molar-refractivity contribution < 1.29 is 15.1 Å². The van der Waals surface area contributed by atoms with Gasteiger partial charge in [-0.3, -0.25) is 4.79 Å². The molecule has 5 heteroatoms. The molecule has 0 aliphatic heterocycles. The zero-order valence-electron chi connectivity index (χ0n) is 8.42. The van der Waals surface area contributed by atoms with E-state index < -0.39 is 12.0 Å². The van der Waals surface area contributed by atoms with Gasteiger partial charge in [0.05, 0.1) is 0 Å². The summed E-state index contributed by atoms with van der Waals surface area (Å²) in [4.78, 5) is 10.9. The first kappa shape index (κ1) is 11.6. The first-order chi connectivity index (χ1) is 7.15. The summed E-state index contributed by atoms with van der Waals surface area (Å²) in [5.74, 6) is -0.983. The molecule has 1 rings (SSSR count). The van der Waals surface area contributed by atoms with Crippen molar-refractivity contribution in [1.29, 1.82) is 0 Å². The van der Waals surface area contributed by atoms with Gasteiger partial charge in [-0.25, -0.2) is 5.01 Å². The third-order valence-corrected chi connectivity index (χ3v) is 2.18. The van der Waals surface area contributed by atoms with Gasteiger partial charge in [-0.2, -0.15) is 0 Å². The van der Waals surface area contributed by atoms with Gasteiger partial charge in [-0.1, -0.05) is 30.3 Å². The van der Waals surface area contributed by atoms with Crippen molar-refractivity contribution in [1.82, 2.24) is 10.6 Å². The number of carboxylic acid groups (broad SMARTS) is 1. The molecule has 0 aliphatic rings. The monoisotopic (exact) mass is 210 g/mol. The number of nitrogens with one attached hydrogen (secondary N) is 1. The third kappa shape index (κ3) is 3.32. The first-order valence-electron chi connectivity index (χ1n) is 4.54. The summed E-state index contributed by atoms with van der Waals surface area (Å²) in [5, 5.41) is 18.7. The number of aliphatic carboxylic acids is 1. The minimum absolute atomic E-state index is 0.334. The van der Waals surface area contributed by atoms with Crippen molar-refractivity contribution in [3.05, 3.63) is 35.9 Å². The number of benzene rings is 1. The molecular formula is C10H14N2O3. The maximum atomic E-state index is 10.9. The van der Waals surface area contributed by atoms with Gasteiger partial charge in [0.2, 0.25) is 0 Å². The largest absolute Gasteiger partial charge is 0.480 e. The van der Waals surface area contributed by atoms with E-state index in [2.05, 4.69) is 0 Å². The van der Waals surface area contributed by atoms with E-state index in [-0.39, 0.29) is 0 Å². The lowest BCUT2D eigenvalue weighted by atomic mass is 10.1. The molecule has 0 bridgehead atoms. The molecule has 82 valence electrons. The van der Waals surface area contributed by atoms with Gasteiger partial charge >= 0.3 is 5.97 Å². The van der Waals surface area contributed by atoms with Crippen LogP contribution in [0.15, 0.2) is 30.3 Å². The summed E-state index contributed by atoms with van der Waals surface area (Å²) in [5.41, 5.74) is 2.73. The van der Waals surface area contributed by atoms with Crippen LogP contribution in [0.2, 0.25) is 0 Å². The average Bonchev–Trinajstić information content (AvgIpc) is 2.26. The van der Waals surface area contributed by atoms with E-state index >= 15 is 0 Å². The van der Waals surface area contributed by atoms with Crippen molar-refractivity contribution in [2.24, 2.45) is 0 Å². The van der Waals surface area contributed by atoms with E-state index in [9.17, 15) is 4.79 Å². The Balaban J connectivity index is 2.71. The topological polar surface area (TPSA) is 72.8 Å². The number of nitrogens with zero attached hydrogens (tertiary/aromatic N) is 1. The molecule has 0 heterocycles. The Morgan fingerprint density at radius 2 is 2.07 bits per heavy atom. The molecule has 0 aliphatic carbocycles. The molecule has 0 amide bonds. The molecule has 15 heavy (non-hydrogen) atoms.